The Bertz CT molecular complexity index is 550. The van der Waals surface area contributed by atoms with Crippen LogP contribution in [0.15, 0.2) is 24.3 Å². The standard InChI is InChI=1S/C20H30N2O2/c1-15(16-9-11-21-12-10-16)13-20(23)22(18-7-8-18)14-17-5-3-4-6-19(17)24-2/h3-6,15-16,18,21H,7-14H2,1-2H3. The van der Waals surface area contributed by atoms with Crippen LogP contribution in [0.2, 0.25) is 0 Å². The van der Waals surface area contributed by atoms with Gasteiger partial charge in [0.15, 0.2) is 0 Å². The number of hydrogen-bond acceptors (Lipinski definition) is 3. The minimum Gasteiger partial charge on any atom is -0.496 e. The average molecular weight is 330 g/mol. The maximum absolute atomic E-state index is 13.0. The fourth-order valence-corrected chi connectivity index (χ4v) is 3.80. The summed E-state index contributed by atoms with van der Waals surface area (Å²) in [5, 5.41) is 3.41. The minimum atomic E-state index is 0.314. The summed E-state index contributed by atoms with van der Waals surface area (Å²) >= 11 is 0. The first kappa shape index (κ1) is 17.3. The average Bonchev–Trinajstić information content (AvgIpc) is 3.45. The van der Waals surface area contributed by atoms with E-state index in [0.29, 0.717) is 36.8 Å². The molecule has 1 atom stereocenters. The lowest BCUT2D eigenvalue weighted by Crippen LogP contribution is -2.36. The monoisotopic (exact) mass is 330 g/mol. The van der Waals surface area contributed by atoms with Gasteiger partial charge in [0.2, 0.25) is 5.91 Å². The maximum atomic E-state index is 13.0. The number of para-hydroxylation sites is 1. The van der Waals surface area contributed by atoms with Gasteiger partial charge in [0, 0.05) is 24.6 Å². The van der Waals surface area contributed by atoms with E-state index in [2.05, 4.69) is 23.2 Å². The summed E-state index contributed by atoms with van der Waals surface area (Å²) in [5.41, 5.74) is 1.11. The van der Waals surface area contributed by atoms with E-state index in [1.54, 1.807) is 7.11 Å². The largest absolute Gasteiger partial charge is 0.496 e. The lowest BCUT2D eigenvalue weighted by molar-refractivity contribution is -0.133. The molecular weight excluding hydrogens is 300 g/mol. The van der Waals surface area contributed by atoms with Gasteiger partial charge in [-0.1, -0.05) is 25.1 Å². The van der Waals surface area contributed by atoms with E-state index >= 15 is 0 Å². The molecule has 4 nitrogen and oxygen atoms in total. The number of piperidine rings is 1. The lowest BCUT2D eigenvalue weighted by atomic mass is 9.84. The Hall–Kier alpha value is -1.55. The van der Waals surface area contributed by atoms with Crippen molar-refractivity contribution in [3.63, 3.8) is 0 Å². The fourth-order valence-electron chi connectivity index (χ4n) is 3.80. The molecule has 3 rings (SSSR count). The van der Waals surface area contributed by atoms with E-state index in [9.17, 15) is 4.79 Å². The molecule has 1 N–H and O–H groups in total. The number of amides is 1. The number of benzene rings is 1. The van der Waals surface area contributed by atoms with Crippen molar-refractivity contribution in [3.8, 4) is 5.75 Å². The highest BCUT2D eigenvalue weighted by Crippen LogP contribution is 2.33. The van der Waals surface area contributed by atoms with Crippen molar-refractivity contribution in [2.45, 2.75) is 51.6 Å². The molecule has 2 fully saturated rings. The fraction of sp³-hybridized carbons (Fsp3) is 0.650. The van der Waals surface area contributed by atoms with E-state index in [-0.39, 0.29) is 0 Å². The predicted octanol–water partition coefficient (Wildman–Crippen LogP) is 3.21. The summed E-state index contributed by atoms with van der Waals surface area (Å²) in [6.07, 6.45) is 5.36. The Kier molecular flexibility index (Phi) is 5.77. The number of nitrogens with zero attached hydrogens (tertiary/aromatic N) is 1. The number of hydrogen-bond donors (Lipinski definition) is 1. The molecule has 0 radical (unpaired) electrons. The van der Waals surface area contributed by atoms with E-state index in [1.165, 1.54) is 12.8 Å². The second-order valence-electron chi connectivity index (χ2n) is 7.33. The van der Waals surface area contributed by atoms with Crippen LogP contribution in [0.25, 0.3) is 0 Å². The molecule has 0 bridgehead atoms. The van der Waals surface area contributed by atoms with Gasteiger partial charge in [0.25, 0.3) is 0 Å². The van der Waals surface area contributed by atoms with Crippen molar-refractivity contribution in [1.82, 2.24) is 10.2 Å². The molecule has 24 heavy (non-hydrogen) atoms. The van der Waals surface area contributed by atoms with Crippen molar-refractivity contribution in [1.29, 1.82) is 0 Å². The Balaban J connectivity index is 1.63. The van der Waals surface area contributed by atoms with Crippen LogP contribution >= 0.6 is 0 Å². The molecule has 1 aliphatic carbocycles. The molecule has 1 unspecified atom stereocenters. The normalized spacial score (nSPS) is 19.8. The summed E-state index contributed by atoms with van der Waals surface area (Å²) < 4.78 is 5.46. The third-order valence-electron chi connectivity index (χ3n) is 5.53. The topological polar surface area (TPSA) is 41.6 Å². The van der Waals surface area contributed by atoms with Gasteiger partial charge in [0.1, 0.15) is 5.75 Å². The third kappa shape index (κ3) is 4.29. The molecule has 0 aromatic heterocycles. The molecule has 1 saturated carbocycles. The van der Waals surface area contributed by atoms with E-state index in [0.717, 1.165) is 37.2 Å². The van der Waals surface area contributed by atoms with Gasteiger partial charge < -0.3 is 15.0 Å². The van der Waals surface area contributed by atoms with Gasteiger partial charge in [-0.2, -0.15) is 0 Å². The smallest absolute Gasteiger partial charge is 0.223 e. The molecule has 0 spiro atoms. The second-order valence-corrected chi connectivity index (χ2v) is 7.33. The molecular formula is C20H30N2O2. The molecule has 4 heteroatoms. The third-order valence-corrected chi connectivity index (χ3v) is 5.53. The van der Waals surface area contributed by atoms with Gasteiger partial charge in [-0.05, 0) is 56.7 Å². The molecule has 1 heterocycles. The van der Waals surface area contributed by atoms with Crippen molar-refractivity contribution < 1.29 is 9.53 Å². The maximum Gasteiger partial charge on any atom is 0.223 e. The lowest BCUT2D eigenvalue weighted by Gasteiger charge is -2.30. The first-order valence-electron chi connectivity index (χ1n) is 9.31. The van der Waals surface area contributed by atoms with Crippen molar-refractivity contribution >= 4 is 5.91 Å². The predicted molar refractivity (Wildman–Crippen MR) is 95.9 cm³/mol. The Morgan fingerprint density at radius 3 is 2.62 bits per heavy atom. The number of methoxy groups -OCH3 is 1. The van der Waals surface area contributed by atoms with Gasteiger partial charge >= 0.3 is 0 Å². The zero-order chi connectivity index (χ0) is 16.9. The number of ether oxygens (including phenoxy) is 1. The van der Waals surface area contributed by atoms with E-state index in [4.69, 9.17) is 4.74 Å². The summed E-state index contributed by atoms with van der Waals surface area (Å²) in [4.78, 5) is 15.0. The van der Waals surface area contributed by atoms with Crippen molar-refractivity contribution in [3.05, 3.63) is 29.8 Å². The Labute approximate surface area is 145 Å². The summed E-state index contributed by atoms with van der Waals surface area (Å²) in [7, 11) is 1.70. The highest BCUT2D eigenvalue weighted by atomic mass is 16.5. The Morgan fingerprint density at radius 1 is 1.25 bits per heavy atom. The van der Waals surface area contributed by atoms with Crippen LogP contribution in [0.5, 0.6) is 5.75 Å². The van der Waals surface area contributed by atoms with Gasteiger partial charge in [-0.25, -0.2) is 0 Å². The van der Waals surface area contributed by atoms with Crippen LogP contribution in [0, 0.1) is 11.8 Å². The first-order valence-corrected chi connectivity index (χ1v) is 9.31. The first-order chi connectivity index (χ1) is 11.7. The molecule has 132 valence electrons. The molecule has 1 saturated heterocycles. The van der Waals surface area contributed by atoms with Gasteiger partial charge in [-0.3, -0.25) is 4.79 Å². The zero-order valence-corrected chi connectivity index (χ0v) is 15.0. The second kappa shape index (κ2) is 8.02. The van der Waals surface area contributed by atoms with Gasteiger partial charge in [0.05, 0.1) is 7.11 Å². The summed E-state index contributed by atoms with van der Waals surface area (Å²) in [5.74, 6) is 2.35. The van der Waals surface area contributed by atoms with Crippen LogP contribution in [-0.4, -0.2) is 37.0 Å². The highest BCUT2D eigenvalue weighted by Gasteiger charge is 2.34. The quantitative estimate of drug-likeness (QED) is 0.835. The van der Waals surface area contributed by atoms with Crippen molar-refractivity contribution in [2.24, 2.45) is 11.8 Å². The van der Waals surface area contributed by atoms with Gasteiger partial charge in [-0.15, -0.1) is 0 Å². The van der Waals surface area contributed by atoms with Crippen LogP contribution in [-0.2, 0) is 11.3 Å². The molecule has 1 aliphatic heterocycles. The van der Waals surface area contributed by atoms with Crippen LogP contribution in [0.1, 0.15) is 44.6 Å². The summed E-state index contributed by atoms with van der Waals surface area (Å²) in [6, 6.07) is 8.47. The van der Waals surface area contributed by atoms with Crippen LogP contribution in [0.4, 0.5) is 0 Å². The summed E-state index contributed by atoms with van der Waals surface area (Å²) in [6.45, 7) is 5.11. The van der Waals surface area contributed by atoms with E-state index in [1.807, 2.05) is 18.2 Å². The Morgan fingerprint density at radius 2 is 1.96 bits per heavy atom. The minimum absolute atomic E-state index is 0.314. The van der Waals surface area contributed by atoms with Crippen molar-refractivity contribution in [2.75, 3.05) is 20.2 Å². The SMILES string of the molecule is COc1ccccc1CN(C(=O)CC(C)C1CCNCC1)C1CC1. The van der Waals surface area contributed by atoms with Crippen LogP contribution in [0.3, 0.4) is 0 Å². The van der Waals surface area contributed by atoms with E-state index < -0.39 is 0 Å². The molecule has 2 aliphatic rings. The molecule has 1 aromatic carbocycles. The highest BCUT2D eigenvalue weighted by molar-refractivity contribution is 5.77. The zero-order valence-electron chi connectivity index (χ0n) is 15.0. The number of carbonyl (C=O) groups is 1. The number of rotatable bonds is 7. The molecule has 1 amide bonds. The number of nitrogens with one attached hydrogen (secondary N) is 1. The number of carbonyl (C=O) groups excluding carboxylic acids is 1. The molecule has 1 aromatic rings. The van der Waals surface area contributed by atoms with Crippen LogP contribution < -0.4 is 10.1 Å².